The molecule has 4 unspecified atom stereocenters. The molecule has 1 amide bonds. The smallest absolute Gasteiger partial charge is 0.383 e. The van der Waals surface area contributed by atoms with Crippen molar-refractivity contribution in [3.8, 4) is 0 Å². The van der Waals surface area contributed by atoms with E-state index in [0.717, 1.165) is 16.7 Å². The van der Waals surface area contributed by atoms with Crippen LogP contribution in [0.5, 0.6) is 0 Å². The zero-order valence-electron chi connectivity index (χ0n) is 19.8. The second kappa shape index (κ2) is 7.97. The van der Waals surface area contributed by atoms with Gasteiger partial charge in [0.2, 0.25) is 5.91 Å². The maximum absolute atomic E-state index is 15.0. The molecule has 0 aromatic heterocycles. The number of aliphatic hydroxyl groups is 1. The highest BCUT2D eigenvalue weighted by molar-refractivity contribution is 5.93. The number of allylic oxidation sites excluding steroid dienone is 4. The van der Waals surface area contributed by atoms with Crippen LogP contribution in [-0.4, -0.2) is 34.5 Å². The molecule has 2 fully saturated rings. The molecule has 0 saturated heterocycles. The minimum Gasteiger partial charge on any atom is -0.383 e. The number of amides is 1. The van der Waals surface area contributed by atoms with E-state index >= 15 is 0 Å². The molecule has 0 spiro atoms. The summed E-state index contributed by atoms with van der Waals surface area (Å²) in [5.41, 5.74) is 4.20. The Hall–Kier alpha value is -2.55. The van der Waals surface area contributed by atoms with Crippen molar-refractivity contribution in [2.24, 2.45) is 23.0 Å². The van der Waals surface area contributed by atoms with E-state index in [9.17, 15) is 36.6 Å². The average molecular weight is 510 g/mol. The van der Waals surface area contributed by atoms with E-state index in [1.54, 1.807) is 18.2 Å². The van der Waals surface area contributed by atoms with Gasteiger partial charge in [0.1, 0.15) is 5.60 Å². The van der Waals surface area contributed by atoms with Gasteiger partial charge in [-0.05, 0) is 85.3 Å². The predicted molar refractivity (Wildman–Crippen MR) is 121 cm³/mol. The molecule has 2 saturated carbocycles. The van der Waals surface area contributed by atoms with Crippen molar-refractivity contribution < 1.29 is 36.6 Å². The Bertz CT molecular complexity index is 1180. The topological polar surface area (TPSA) is 80.4 Å². The SMILES string of the molecule is CC12CC(c3ccc(C(N)=O)cc3)C3=C4CCC(=O)C=C4CCC3C1CC[C@@]2(O)C(F)(F)C(F)(F)F. The molecule has 194 valence electrons. The second-order valence-corrected chi connectivity index (χ2v) is 11.0. The summed E-state index contributed by atoms with van der Waals surface area (Å²) >= 11 is 0. The Labute approximate surface area is 205 Å². The molecule has 5 atom stereocenters. The van der Waals surface area contributed by atoms with E-state index in [0.29, 0.717) is 31.2 Å². The van der Waals surface area contributed by atoms with Gasteiger partial charge >= 0.3 is 12.1 Å². The zero-order valence-corrected chi connectivity index (χ0v) is 19.8. The molecular weight excluding hydrogens is 481 g/mol. The normalized spacial score (nSPS) is 34.6. The molecule has 9 heteroatoms. The van der Waals surface area contributed by atoms with Crippen LogP contribution in [0.25, 0.3) is 0 Å². The fourth-order valence-electron chi connectivity index (χ4n) is 7.59. The summed E-state index contributed by atoms with van der Waals surface area (Å²) in [5, 5.41) is 11.2. The molecule has 36 heavy (non-hydrogen) atoms. The summed E-state index contributed by atoms with van der Waals surface area (Å²) in [6.07, 6.45) is -3.06. The highest BCUT2D eigenvalue weighted by Crippen LogP contribution is 2.70. The maximum Gasteiger partial charge on any atom is 0.456 e. The number of nitrogens with two attached hydrogens (primary N) is 1. The number of carbonyl (C=O) groups excluding carboxylic acids is 2. The van der Waals surface area contributed by atoms with Crippen LogP contribution in [0.2, 0.25) is 0 Å². The van der Waals surface area contributed by atoms with E-state index in [2.05, 4.69) is 0 Å². The number of carbonyl (C=O) groups is 2. The number of hydrogen-bond donors (Lipinski definition) is 2. The molecule has 5 rings (SSSR count). The fourth-order valence-corrected chi connectivity index (χ4v) is 7.59. The van der Waals surface area contributed by atoms with E-state index in [-0.39, 0.29) is 30.1 Å². The molecule has 4 aliphatic carbocycles. The standard InChI is InChI=1S/C27H28F5NO3/c1-24-13-20(14-2-4-15(5-3-14)23(33)35)22-18-9-7-17(34)12-16(18)6-8-19(22)21(24)10-11-25(24,36)26(28,29)27(30,31)32/h2-5,12,19-21,36H,6-11,13H2,1H3,(H2,33,35)/t19?,20?,21?,24?,25-/m0/s1. The second-order valence-electron chi connectivity index (χ2n) is 11.0. The Kier molecular flexibility index (Phi) is 5.56. The molecule has 3 N–H and O–H groups in total. The first-order valence-corrected chi connectivity index (χ1v) is 12.2. The third-order valence-electron chi connectivity index (χ3n) is 9.36. The average Bonchev–Trinajstić information content (AvgIpc) is 3.09. The van der Waals surface area contributed by atoms with Crippen LogP contribution >= 0.6 is 0 Å². The van der Waals surface area contributed by atoms with Crippen LogP contribution in [0.15, 0.2) is 47.1 Å². The van der Waals surface area contributed by atoms with E-state index in [1.807, 2.05) is 0 Å². The number of halogens is 5. The summed E-state index contributed by atoms with van der Waals surface area (Å²) in [6, 6.07) is 6.34. The van der Waals surface area contributed by atoms with Crippen molar-refractivity contribution in [3.05, 3.63) is 58.2 Å². The van der Waals surface area contributed by atoms with Gasteiger partial charge in [-0.2, -0.15) is 22.0 Å². The van der Waals surface area contributed by atoms with Gasteiger partial charge in [0.25, 0.3) is 0 Å². The van der Waals surface area contributed by atoms with Crippen molar-refractivity contribution in [1.29, 1.82) is 0 Å². The van der Waals surface area contributed by atoms with Gasteiger partial charge in [0, 0.05) is 23.3 Å². The van der Waals surface area contributed by atoms with Gasteiger partial charge in [-0.15, -0.1) is 0 Å². The van der Waals surface area contributed by atoms with Gasteiger partial charge in [0.15, 0.2) is 5.78 Å². The number of alkyl halides is 5. The third kappa shape index (κ3) is 3.34. The summed E-state index contributed by atoms with van der Waals surface area (Å²) < 4.78 is 70.7. The Morgan fingerprint density at radius 2 is 1.72 bits per heavy atom. The summed E-state index contributed by atoms with van der Waals surface area (Å²) in [5.74, 6) is -7.28. The first-order valence-electron chi connectivity index (χ1n) is 12.2. The predicted octanol–water partition coefficient (Wildman–Crippen LogP) is 5.61. The molecule has 0 radical (unpaired) electrons. The molecular formula is C27H28F5NO3. The van der Waals surface area contributed by atoms with Crippen molar-refractivity contribution in [3.63, 3.8) is 0 Å². The number of hydrogen-bond acceptors (Lipinski definition) is 3. The Morgan fingerprint density at radius 3 is 2.33 bits per heavy atom. The first kappa shape index (κ1) is 25.1. The van der Waals surface area contributed by atoms with Crippen molar-refractivity contribution in [2.75, 3.05) is 0 Å². The summed E-state index contributed by atoms with van der Waals surface area (Å²) in [6.45, 7) is 1.38. The van der Waals surface area contributed by atoms with Gasteiger partial charge in [0.05, 0.1) is 0 Å². The van der Waals surface area contributed by atoms with Crippen LogP contribution in [-0.2, 0) is 4.79 Å². The number of rotatable bonds is 3. The molecule has 0 bridgehead atoms. The Balaban J connectivity index is 1.69. The molecule has 4 aliphatic rings. The quantitative estimate of drug-likeness (QED) is 0.520. The van der Waals surface area contributed by atoms with E-state index < -0.39 is 47.3 Å². The van der Waals surface area contributed by atoms with Crippen molar-refractivity contribution >= 4 is 11.7 Å². The summed E-state index contributed by atoms with van der Waals surface area (Å²) in [7, 11) is 0. The molecule has 1 aromatic rings. The number of ketones is 1. The van der Waals surface area contributed by atoms with Crippen LogP contribution < -0.4 is 5.73 Å². The van der Waals surface area contributed by atoms with Gasteiger partial charge < -0.3 is 10.8 Å². The number of benzene rings is 1. The molecule has 1 aromatic carbocycles. The lowest BCUT2D eigenvalue weighted by Crippen LogP contribution is -2.65. The molecule has 0 aliphatic heterocycles. The van der Waals surface area contributed by atoms with Crippen molar-refractivity contribution in [1.82, 2.24) is 0 Å². The van der Waals surface area contributed by atoms with Gasteiger partial charge in [-0.1, -0.05) is 24.6 Å². The fraction of sp³-hybridized carbons (Fsp3) is 0.556. The largest absolute Gasteiger partial charge is 0.456 e. The highest BCUT2D eigenvalue weighted by Gasteiger charge is 2.79. The first-order chi connectivity index (χ1) is 16.7. The minimum absolute atomic E-state index is 0.0240. The van der Waals surface area contributed by atoms with Gasteiger partial charge in [-0.25, -0.2) is 0 Å². The number of fused-ring (bicyclic) bond motifs is 4. The maximum atomic E-state index is 15.0. The van der Waals surface area contributed by atoms with Crippen LogP contribution in [0, 0.1) is 17.3 Å². The Morgan fingerprint density at radius 1 is 1.06 bits per heavy atom. The van der Waals surface area contributed by atoms with Crippen LogP contribution in [0.3, 0.4) is 0 Å². The monoisotopic (exact) mass is 509 g/mol. The van der Waals surface area contributed by atoms with E-state index in [4.69, 9.17) is 5.73 Å². The van der Waals surface area contributed by atoms with Gasteiger partial charge in [-0.3, -0.25) is 9.59 Å². The minimum atomic E-state index is -5.89. The van der Waals surface area contributed by atoms with Crippen LogP contribution in [0.4, 0.5) is 22.0 Å². The lowest BCUT2D eigenvalue weighted by atomic mass is 9.50. The molecule has 0 heterocycles. The zero-order chi connectivity index (χ0) is 26.3. The van der Waals surface area contributed by atoms with Crippen LogP contribution in [0.1, 0.15) is 73.7 Å². The highest BCUT2D eigenvalue weighted by atomic mass is 19.4. The van der Waals surface area contributed by atoms with E-state index in [1.165, 1.54) is 19.1 Å². The third-order valence-corrected chi connectivity index (χ3v) is 9.36. The summed E-state index contributed by atoms with van der Waals surface area (Å²) in [4.78, 5) is 23.7. The lowest BCUT2D eigenvalue weighted by Gasteiger charge is -2.56. The molecule has 4 nitrogen and oxygen atoms in total. The number of primary amides is 1. The lowest BCUT2D eigenvalue weighted by molar-refractivity contribution is -0.362. The van der Waals surface area contributed by atoms with Crippen molar-refractivity contribution in [2.45, 2.75) is 75.5 Å².